The zero-order valence-corrected chi connectivity index (χ0v) is 35.4. The van der Waals surface area contributed by atoms with Crippen molar-refractivity contribution in [1.29, 1.82) is 5.41 Å². The Morgan fingerprint density at radius 3 is 2.11 bits per heavy atom. The average Bonchev–Trinajstić information content (AvgIpc) is 3.20. The molecule has 4 rings (SSSR count). The van der Waals surface area contributed by atoms with E-state index in [2.05, 4.69) is 111 Å². The second-order valence-electron chi connectivity index (χ2n) is 14.6. The number of thioether (sulfide) groups is 1. The van der Waals surface area contributed by atoms with Gasteiger partial charge in [0.05, 0.1) is 14.2 Å². The molecule has 1 heterocycles. The normalized spacial score (nSPS) is 14.6. The molecule has 3 N–H and O–H groups in total. The molecule has 0 bridgehead atoms. The lowest BCUT2D eigenvalue weighted by Gasteiger charge is -2.40. The number of likely N-dealkylation sites (tertiary alicyclic amines) is 1. The van der Waals surface area contributed by atoms with Crippen molar-refractivity contribution < 1.29 is 9.47 Å². The van der Waals surface area contributed by atoms with Gasteiger partial charge in [-0.25, -0.2) is 0 Å². The van der Waals surface area contributed by atoms with Gasteiger partial charge in [0.1, 0.15) is 0 Å². The largest absolute Gasteiger partial charge is 0.493 e. The minimum Gasteiger partial charge on any atom is -0.493 e. The third-order valence-corrected chi connectivity index (χ3v) is 11.4. The molecule has 0 aliphatic carbocycles. The lowest BCUT2D eigenvalue weighted by atomic mass is 9.92. The fourth-order valence-corrected chi connectivity index (χ4v) is 8.19. The van der Waals surface area contributed by atoms with Gasteiger partial charge in [0, 0.05) is 49.0 Å². The van der Waals surface area contributed by atoms with Gasteiger partial charge in [-0.15, -0.1) is 11.8 Å². The predicted molar refractivity (Wildman–Crippen MR) is 239 cm³/mol. The highest BCUT2D eigenvalue weighted by Crippen LogP contribution is 2.34. The second-order valence-corrected chi connectivity index (χ2v) is 15.5. The monoisotopic (exact) mass is 762 g/mol. The number of nitrogens with zero attached hydrogens (tertiary/aromatic N) is 2. The molecule has 1 saturated heterocycles. The molecule has 1 fully saturated rings. The molecular weight excluding hydrogens is 697 g/mol. The molecule has 0 amide bonds. The number of ether oxygens (including phenoxy) is 2. The van der Waals surface area contributed by atoms with Gasteiger partial charge in [0.25, 0.3) is 0 Å². The number of methoxy groups -OCH3 is 2. The first-order valence-electron chi connectivity index (χ1n) is 20.2. The minimum absolute atomic E-state index is 0.371. The number of anilines is 1. The molecular formula is C48H66N4O2S. The summed E-state index contributed by atoms with van der Waals surface area (Å²) in [5.41, 5.74) is 17.6. The Morgan fingerprint density at radius 1 is 0.891 bits per heavy atom. The number of nitrogens with one attached hydrogen (secondary N) is 1. The fourth-order valence-electron chi connectivity index (χ4n) is 7.78. The van der Waals surface area contributed by atoms with Crippen LogP contribution in [0.2, 0.25) is 0 Å². The molecule has 0 spiro atoms. The molecule has 3 aromatic carbocycles. The third kappa shape index (κ3) is 12.7. The van der Waals surface area contributed by atoms with Crippen LogP contribution in [-0.2, 0) is 25.7 Å². The number of aryl methyl sites for hydroxylation is 3. The molecule has 6 nitrogen and oxygen atoms in total. The number of allylic oxidation sites excluding steroid dienone is 2. The molecule has 0 atom stereocenters. The van der Waals surface area contributed by atoms with Crippen LogP contribution in [0.1, 0.15) is 86.3 Å². The van der Waals surface area contributed by atoms with E-state index in [1.807, 2.05) is 12.1 Å². The first kappa shape index (κ1) is 43.5. The maximum absolute atomic E-state index is 8.03. The van der Waals surface area contributed by atoms with E-state index >= 15 is 0 Å². The highest BCUT2D eigenvalue weighted by atomic mass is 32.2. The molecule has 3 aromatic rings. The van der Waals surface area contributed by atoms with Crippen molar-refractivity contribution in [3.63, 3.8) is 0 Å². The van der Waals surface area contributed by atoms with Gasteiger partial charge in [-0.3, -0.25) is 4.90 Å². The SMILES string of the molecule is CCCc1cc(C/C=C(\C=C/N)CN2CCC(N(CC(/C=C/c3cc(CCC)c(OC)c(OC)c3)=C/C=N)c3ccc(SC)cc3)CC2)cc(CCC)c1C. The first-order chi connectivity index (χ1) is 26.8. The molecule has 1 aliphatic heterocycles. The van der Waals surface area contributed by atoms with Crippen LogP contribution in [0.4, 0.5) is 5.69 Å². The van der Waals surface area contributed by atoms with E-state index in [9.17, 15) is 0 Å². The number of piperidine rings is 1. The summed E-state index contributed by atoms with van der Waals surface area (Å²) < 4.78 is 11.4. The van der Waals surface area contributed by atoms with Gasteiger partial charge in [0.2, 0.25) is 0 Å². The minimum atomic E-state index is 0.371. The van der Waals surface area contributed by atoms with Gasteiger partial charge >= 0.3 is 0 Å². The smallest absolute Gasteiger partial charge is 0.163 e. The number of nitrogens with two attached hydrogens (primary N) is 1. The van der Waals surface area contributed by atoms with Crippen molar-refractivity contribution in [3.8, 4) is 11.5 Å². The van der Waals surface area contributed by atoms with Crippen molar-refractivity contribution in [3.05, 3.63) is 124 Å². The lowest BCUT2D eigenvalue weighted by Crippen LogP contribution is -2.46. The van der Waals surface area contributed by atoms with Crippen molar-refractivity contribution in [2.24, 2.45) is 5.73 Å². The fraction of sp³-hybridized carbons (Fsp3) is 0.438. The van der Waals surface area contributed by atoms with Crippen molar-refractivity contribution in [2.45, 2.75) is 96.4 Å². The van der Waals surface area contributed by atoms with Crippen LogP contribution in [0, 0.1) is 12.3 Å². The topological polar surface area (TPSA) is 74.8 Å². The Kier molecular flexibility index (Phi) is 18.2. The number of hydrogen-bond donors (Lipinski definition) is 2. The predicted octanol–water partition coefficient (Wildman–Crippen LogP) is 10.8. The maximum atomic E-state index is 8.03. The zero-order valence-electron chi connectivity index (χ0n) is 34.6. The second kappa shape index (κ2) is 23.0. The Balaban J connectivity index is 1.52. The summed E-state index contributed by atoms with van der Waals surface area (Å²) in [6.45, 7) is 12.6. The van der Waals surface area contributed by atoms with Gasteiger partial charge in [0.15, 0.2) is 11.5 Å². The summed E-state index contributed by atoms with van der Waals surface area (Å²) in [4.78, 5) is 6.39. The Hall–Kier alpha value is -4.20. The van der Waals surface area contributed by atoms with E-state index in [0.29, 0.717) is 12.6 Å². The highest BCUT2D eigenvalue weighted by molar-refractivity contribution is 7.98. The van der Waals surface area contributed by atoms with Crippen LogP contribution in [0.25, 0.3) is 6.08 Å². The van der Waals surface area contributed by atoms with Crippen LogP contribution in [0.15, 0.2) is 95.1 Å². The summed E-state index contributed by atoms with van der Waals surface area (Å²) in [7, 11) is 3.39. The van der Waals surface area contributed by atoms with E-state index in [4.69, 9.17) is 20.6 Å². The number of benzene rings is 3. The maximum Gasteiger partial charge on any atom is 0.163 e. The van der Waals surface area contributed by atoms with Gasteiger partial charge in [-0.2, -0.15) is 0 Å². The lowest BCUT2D eigenvalue weighted by molar-refractivity contribution is 0.226. The number of hydrogen-bond acceptors (Lipinski definition) is 7. The third-order valence-electron chi connectivity index (χ3n) is 10.7. The van der Waals surface area contributed by atoms with E-state index < -0.39 is 0 Å². The summed E-state index contributed by atoms with van der Waals surface area (Å²) in [5, 5.41) is 8.03. The molecule has 0 unspecified atom stereocenters. The quantitative estimate of drug-likeness (QED) is 0.0639. The van der Waals surface area contributed by atoms with E-state index in [1.165, 1.54) is 57.5 Å². The molecule has 296 valence electrons. The summed E-state index contributed by atoms with van der Waals surface area (Å²) >= 11 is 1.76. The standard InChI is InChI=1S/C48H66N4O2S/c1-8-11-41-30-39(31-42(12-9-2)36(41)4)16-14-37(22-26-49)34-51-28-24-45(25-29-51)52(44-18-20-46(55-7)21-19-44)35-38(23-27-50)15-17-40-32-43(13-10-3)48(54-6)47(33-40)53-5/h14-15,17-23,26-27,30-33,45,50H,8-13,16,24-25,28-29,34-35,49H2,1-7H3/b17-15+,26-22-,37-14+,38-23+,50-27?. The molecule has 0 aromatic heterocycles. The van der Waals surface area contributed by atoms with Crippen LogP contribution in [-0.4, -0.2) is 63.8 Å². The summed E-state index contributed by atoms with van der Waals surface area (Å²) in [6.07, 6.45) is 25.5. The van der Waals surface area contributed by atoms with Gasteiger partial charge in [-0.05, 0) is 151 Å². The molecule has 0 radical (unpaired) electrons. The zero-order chi connectivity index (χ0) is 39.6. The first-order valence-corrected chi connectivity index (χ1v) is 21.5. The Bertz CT molecular complexity index is 1760. The van der Waals surface area contributed by atoms with E-state index in [1.54, 1.807) is 32.2 Å². The van der Waals surface area contributed by atoms with Crippen LogP contribution in [0.3, 0.4) is 0 Å². The highest BCUT2D eigenvalue weighted by Gasteiger charge is 2.26. The number of rotatable bonds is 21. The van der Waals surface area contributed by atoms with E-state index in [0.717, 1.165) is 92.8 Å². The molecule has 0 saturated carbocycles. The average molecular weight is 763 g/mol. The van der Waals surface area contributed by atoms with Gasteiger partial charge < -0.3 is 25.5 Å². The van der Waals surface area contributed by atoms with Crippen molar-refractivity contribution >= 4 is 29.7 Å². The molecule has 55 heavy (non-hydrogen) atoms. The van der Waals surface area contributed by atoms with E-state index in [-0.39, 0.29) is 0 Å². The molecule has 7 heteroatoms. The van der Waals surface area contributed by atoms with Gasteiger partial charge in [-0.1, -0.05) is 70.4 Å². The van der Waals surface area contributed by atoms with Crippen molar-refractivity contribution in [2.75, 3.05) is 51.6 Å². The van der Waals surface area contributed by atoms with Crippen LogP contribution in [0.5, 0.6) is 11.5 Å². The Labute approximate surface area is 337 Å². The summed E-state index contributed by atoms with van der Waals surface area (Å²) in [5.74, 6) is 1.54. The van der Waals surface area contributed by atoms with Crippen molar-refractivity contribution in [1.82, 2.24) is 4.90 Å². The van der Waals surface area contributed by atoms with Crippen LogP contribution >= 0.6 is 11.8 Å². The summed E-state index contributed by atoms with van der Waals surface area (Å²) in [6, 6.07) is 18.4. The Morgan fingerprint density at radius 2 is 1.55 bits per heavy atom. The molecule has 1 aliphatic rings. The van der Waals surface area contributed by atoms with Crippen LogP contribution < -0.4 is 20.1 Å².